The fourth-order valence-electron chi connectivity index (χ4n) is 2.47. The number of amides is 1. The monoisotopic (exact) mass is 359 g/mol. The summed E-state index contributed by atoms with van der Waals surface area (Å²) in [6.45, 7) is 8.23. The lowest BCUT2D eigenvalue weighted by Gasteiger charge is -2.13. The highest BCUT2D eigenvalue weighted by Crippen LogP contribution is 2.07. The van der Waals surface area contributed by atoms with Crippen LogP contribution < -0.4 is 5.32 Å². The van der Waals surface area contributed by atoms with E-state index in [1.807, 2.05) is 20.8 Å². The third kappa shape index (κ3) is 17.3. The molecule has 148 valence electrons. The molecular formula is C24H41NO. The molecule has 0 saturated heterocycles. The first-order valence-electron chi connectivity index (χ1n) is 10.5. The summed E-state index contributed by atoms with van der Waals surface area (Å²) in [5.74, 6) is 0.249. The lowest BCUT2D eigenvalue weighted by atomic mass is 10.0. The Balaban J connectivity index is 3.61. The summed E-state index contributed by atoms with van der Waals surface area (Å²) in [5.41, 5.74) is 0. The van der Waals surface area contributed by atoms with Crippen LogP contribution in [0.3, 0.4) is 0 Å². The predicted molar refractivity (Wildman–Crippen MR) is 116 cm³/mol. The normalized spacial score (nSPS) is 13.7. The van der Waals surface area contributed by atoms with Gasteiger partial charge in [0.05, 0.1) is 0 Å². The quantitative estimate of drug-likeness (QED) is 0.250. The maximum Gasteiger partial charge on any atom is 0.223 e. The van der Waals surface area contributed by atoms with Gasteiger partial charge in [0.15, 0.2) is 0 Å². The van der Waals surface area contributed by atoms with Crippen molar-refractivity contribution in [3.05, 3.63) is 48.6 Å². The predicted octanol–water partition coefficient (Wildman–Crippen LogP) is 6.90. The SMILES string of the molecule is CCCCC/C=C\C/C=C\C/C=C\C/C=C\CCC(C)C(=O)NC(C)C. The Hall–Kier alpha value is -1.57. The lowest BCUT2D eigenvalue weighted by Crippen LogP contribution is -2.34. The van der Waals surface area contributed by atoms with Crippen molar-refractivity contribution in [2.45, 2.75) is 91.5 Å². The Kier molecular flexibility index (Phi) is 17.1. The van der Waals surface area contributed by atoms with E-state index in [0.717, 1.165) is 32.1 Å². The number of hydrogen-bond donors (Lipinski definition) is 1. The van der Waals surface area contributed by atoms with Crippen LogP contribution in [0.25, 0.3) is 0 Å². The summed E-state index contributed by atoms with van der Waals surface area (Å²) in [6, 6.07) is 0.224. The second-order valence-corrected chi connectivity index (χ2v) is 7.23. The number of nitrogens with one attached hydrogen (secondary N) is 1. The Morgan fingerprint density at radius 3 is 1.77 bits per heavy atom. The molecule has 0 aromatic heterocycles. The average molecular weight is 360 g/mol. The summed E-state index contributed by atoms with van der Waals surface area (Å²) < 4.78 is 0. The van der Waals surface area contributed by atoms with Gasteiger partial charge >= 0.3 is 0 Å². The molecule has 1 atom stereocenters. The summed E-state index contributed by atoms with van der Waals surface area (Å²) in [6.07, 6.45) is 27.9. The van der Waals surface area contributed by atoms with Gasteiger partial charge in [0.1, 0.15) is 0 Å². The molecule has 0 aromatic carbocycles. The highest BCUT2D eigenvalue weighted by molar-refractivity contribution is 5.78. The van der Waals surface area contributed by atoms with Gasteiger partial charge in [-0.05, 0) is 58.8 Å². The van der Waals surface area contributed by atoms with Crippen LogP contribution in [0, 0.1) is 5.92 Å². The van der Waals surface area contributed by atoms with E-state index in [-0.39, 0.29) is 17.9 Å². The van der Waals surface area contributed by atoms with E-state index in [4.69, 9.17) is 0 Å². The van der Waals surface area contributed by atoms with Crippen LogP contribution in [0.15, 0.2) is 48.6 Å². The van der Waals surface area contributed by atoms with Gasteiger partial charge in [-0.15, -0.1) is 0 Å². The van der Waals surface area contributed by atoms with Crippen molar-refractivity contribution in [3.8, 4) is 0 Å². The maximum atomic E-state index is 11.8. The van der Waals surface area contributed by atoms with E-state index < -0.39 is 0 Å². The smallest absolute Gasteiger partial charge is 0.223 e. The van der Waals surface area contributed by atoms with Crippen LogP contribution in [0.5, 0.6) is 0 Å². The molecule has 1 amide bonds. The molecule has 2 heteroatoms. The van der Waals surface area contributed by atoms with Crippen LogP contribution in [0.2, 0.25) is 0 Å². The fraction of sp³-hybridized carbons (Fsp3) is 0.625. The third-order valence-electron chi connectivity index (χ3n) is 4.10. The Morgan fingerprint density at radius 1 is 0.769 bits per heavy atom. The van der Waals surface area contributed by atoms with Gasteiger partial charge in [0.2, 0.25) is 5.91 Å². The maximum absolute atomic E-state index is 11.8. The van der Waals surface area contributed by atoms with Crippen molar-refractivity contribution in [3.63, 3.8) is 0 Å². The Labute approximate surface area is 162 Å². The molecule has 1 N–H and O–H groups in total. The third-order valence-corrected chi connectivity index (χ3v) is 4.10. The van der Waals surface area contributed by atoms with Gasteiger partial charge < -0.3 is 5.32 Å². The van der Waals surface area contributed by atoms with Crippen LogP contribution in [-0.4, -0.2) is 11.9 Å². The van der Waals surface area contributed by atoms with E-state index in [1.165, 1.54) is 25.7 Å². The highest BCUT2D eigenvalue weighted by atomic mass is 16.1. The minimum Gasteiger partial charge on any atom is -0.354 e. The molecule has 0 radical (unpaired) electrons. The zero-order valence-corrected chi connectivity index (χ0v) is 17.5. The van der Waals surface area contributed by atoms with Gasteiger partial charge in [-0.3, -0.25) is 4.79 Å². The van der Waals surface area contributed by atoms with Crippen molar-refractivity contribution in [1.82, 2.24) is 5.32 Å². The van der Waals surface area contributed by atoms with Crippen molar-refractivity contribution in [2.24, 2.45) is 5.92 Å². The summed E-state index contributed by atoms with van der Waals surface area (Å²) in [7, 11) is 0. The molecule has 0 aromatic rings. The standard InChI is InChI=1S/C24H41NO/c1-5-6-7-8-9-10-11-12-13-14-15-16-17-18-19-20-21-23(4)24(26)25-22(2)3/h9-10,12-13,15-16,18-19,22-23H,5-8,11,14,17,20-21H2,1-4H3,(H,25,26)/b10-9-,13-12-,16-15-,19-18-. The molecule has 0 aliphatic heterocycles. The molecular weight excluding hydrogens is 318 g/mol. The first kappa shape index (κ1) is 24.4. The Bertz CT molecular complexity index is 443. The van der Waals surface area contributed by atoms with E-state index >= 15 is 0 Å². The summed E-state index contributed by atoms with van der Waals surface area (Å²) in [5, 5.41) is 2.96. The fourth-order valence-corrected chi connectivity index (χ4v) is 2.47. The van der Waals surface area contributed by atoms with Crippen LogP contribution in [-0.2, 0) is 4.79 Å². The van der Waals surface area contributed by atoms with E-state index in [9.17, 15) is 4.79 Å². The van der Waals surface area contributed by atoms with Crippen LogP contribution in [0.1, 0.15) is 85.5 Å². The number of carbonyl (C=O) groups is 1. The minimum atomic E-state index is 0.0865. The van der Waals surface area contributed by atoms with Crippen molar-refractivity contribution in [2.75, 3.05) is 0 Å². The number of rotatable bonds is 15. The van der Waals surface area contributed by atoms with Crippen molar-refractivity contribution < 1.29 is 4.79 Å². The van der Waals surface area contributed by atoms with Gasteiger partial charge in [0, 0.05) is 12.0 Å². The molecule has 0 spiro atoms. The first-order valence-corrected chi connectivity index (χ1v) is 10.5. The molecule has 26 heavy (non-hydrogen) atoms. The van der Waals surface area contributed by atoms with Crippen molar-refractivity contribution in [1.29, 1.82) is 0 Å². The molecule has 0 heterocycles. The first-order chi connectivity index (χ1) is 12.6. The highest BCUT2D eigenvalue weighted by Gasteiger charge is 2.11. The summed E-state index contributed by atoms with van der Waals surface area (Å²) >= 11 is 0. The van der Waals surface area contributed by atoms with E-state index in [1.54, 1.807) is 0 Å². The van der Waals surface area contributed by atoms with Gasteiger partial charge in [0.25, 0.3) is 0 Å². The van der Waals surface area contributed by atoms with Gasteiger partial charge in [-0.1, -0.05) is 75.3 Å². The number of hydrogen-bond acceptors (Lipinski definition) is 1. The molecule has 0 fully saturated rings. The van der Waals surface area contributed by atoms with Crippen LogP contribution in [0.4, 0.5) is 0 Å². The molecule has 0 bridgehead atoms. The number of unbranched alkanes of at least 4 members (excludes halogenated alkanes) is 3. The van der Waals surface area contributed by atoms with Crippen molar-refractivity contribution >= 4 is 5.91 Å². The number of allylic oxidation sites excluding steroid dienone is 8. The second kappa shape index (κ2) is 18.2. The second-order valence-electron chi connectivity index (χ2n) is 7.23. The lowest BCUT2D eigenvalue weighted by molar-refractivity contribution is -0.125. The van der Waals surface area contributed by atoms with Gasteiger partial charge in [-0.2, -0.15) is 0 Å². The zero-order valence-electron chi connectivity index (χ0n) is 17.5. The largest absolute Gasteiger partial charge is 0.354 e. The number of carbonyl (C=O) groups excluding carboxylic acids is 1. The molecule has 0 saturated carbocycles. The molecule has 0 aliphatic rings. The minimum absolute atomic E-state index is 0.0865. The van der Waals surface area contributed by atoms with Crippen LogP contribution >= 0.6 is 0 Å². The Morgan fingerprint density at radius 2 is 1.27 bits per heavy atom. The van der Waals surface area contributed by atoms with E-state index in [2.05, 4.69) is 60.8 Å². The topological polar surface area (TPSA) is 29.1 Å². The molecule has 1 unspecified atom stereocenters. The molecule has 0 rings (SSSR count). The average Bonchev–Trinajstić information content (AvgIpc) is 2.60. The van der Waals surface area contributed by atoms with Gasteiger partial charge in [-0.25, -0.2) is 0 Å². The van der Waals surface area contributed by atoms with E-state index in [0.29, 0.717) is 0 Å². The summed E-state index contributed by atoms with van der Waals surface area (Å²) in [4.78, 5) is 11.8. The molecule has 2 nitrogen and oxygen atoms in total. The molecule has 0 aliphatic carbocycles. The zero-order chi connectivity index (χ0) is 19.5.